The molecule has 5 nitrogen and oxygen atoms in total. The molecule has 0 aliphatic heterocycles. The number of hydrogen-bond acceptors (Lipinski definition) is 4. The van der Waals surface area contributed by atoms with Gasteiger partial charge < -0.3 is 15.1 Å². The van der Waals surface area contributed by atoms with E-state index in [-0.39, 0.29) is 11.8 Å². The van der Waals surface area contributed by atoms with E-state index in [0.717, 1.165) is 3.57 Å². The van der Waals surface area contributed by atoms with Crippen molar-refractivity contribution in [3.63, 3.8) is 0 Å². The molecule has 0 amide bonds. The molecule has 17 heavy (non-hydrogen) atoms. The van der Waals surface area contributed by atoms with E-state index < -0.39 is 5.97 Å². The van der Waals surface area contributed by atoms with Crippen molar-refractivity contribution in [2.24, 2.45) is 0 Å². The van der Waals surface area contributed by atoms with Gasteiger partial charge in [0.2, 0.25) is 11.8 Å². The maximum absolute atomic E-state index is 11.7. The lowest BCUT2D eigenvalue weighted by Crippen LogP contribution is -2.18. The minimum absolute atomic E-state index is 0.331. The highest BCUT2D eigenvalue weighted by molar-refractivity contribution is 14.1. The van der Waals surface area contributed by atoms with Gasteiger partial charge in [0, 0.05) is 15.7 Å². The van der Waals surface area contributed by atoms with Crippen molar-refractivity contribution in [2.45, 2.75) is 0 Å². The quantitative estimate of drug-likeness (QED) is 0.816. The number of rotatable bonds is 2. The second kappa shape index (κ2) is 4.66. The standard InChI is InChI=1S/C11H8INO4/c12-8-3-1-7(2-4-8)11(16)17-13-9(14)5-6-10(13)15/h1-6,14-15H/i12-2. The van der Waals surface area contributed by atoms with Gasteiger partial charge in [0.05, 0.1) is 5.56 Å². The molecule has 0 saturated carbocycles. The highest BCUT2D eigenvalue weighted by Gasteiger charge is 2.13. The zero-order chi connectivity index (χ0) is 12.4. The van der Waals surface area contributed by atoms with Crippen molar-refractivity contribution in [2.75, 3.05) is 0 Å². The third kappa shape index (κ3) is 2.52. The summed E-state index contributed by atoms with van der Waals surface area (Å²) >= 11 is 2.12. The second-order valence-corrected chi connectivity index (χ2v) is 4.48. The Morgan fingerprint density at radius 2 is 1.59 bits per heavy atom. The van der Waals surface area contributed by atoms with Crippen LogP contribution in [-0.4, -0.2) is 20.9 Å². The Hall–Kier alpha value is -1.70. The van der Waals surface area contributed by atoms with E-state index in [9.17, 15) is 15.0 Å². The van der Waals surface area contributed by atoms with Crippen molar-refractivity contribution in [3.05, 3.63) is 45.5 Å². The van der Waals surface area contributed by atoms with Crippen LogP contribution in [0.4, 0.5) is 0 Å². The molecule has 0 saturated heterocycles. The van der Waals surface area contributed by atoms with Crippen LogP contribution in [0.3, 0.4) is 0 Å². The molecular weight excluding hydrogens is 335 g/mol. The molecule has 2 N–H and O–H groups in total. The number of aromatic hydroxyl groups is 2. The molecule has 2 aromatic rings. The average Bonchev–Trinajstić information content (AvgIpc) is 2.61. The summed E-state index contributed by atoms with van der Waals surface area (Å²) in [5.74, 6) is -1.36. The Morgan fingerprint density at radius 1 is 1.06 bits per heavy atom. The van der Waals surface area contributed by atoms with Gasteiger partial charge in [-0.3, -0.25) is 0 Å². The van der Waals surface area contributed by atoms with Crippen LogP contribution in [0.15, 0.2) is 36.4 Å². The smallest absolute Gasteiger partial charge is 0.363 e. The zero-order valence-corrected chi connectivity index (χ0v) is 10.7. The maximum atomic E-state index is 11.7. The normalized spacial score (nSPS) is 10.2. The van der Waals surface area contributed by atoms with Crippen molar-refractivity contribution in [3.8, 4) is 11.8 Å². The fraction of sp³-hybridized carbons (Fsp3) is 0. The van der Waals surface area contributed by atoms with Gasteiger partial charge in [-0.05, 0) is 46.9 Å². The van der Waals surface area contributed by atoms with Crippen LogP contribution in [0, 0.1) is 3.57 Å². The lowest BCUT2D eigenvalue weighted by molar-refractivity contribution is 0.0381. The summed E-state index contributed by atoms with van der Waals surface area (Å²) in [6.07, 6.45) is 0. The third-order valence-corrected chi connectivity index (χ3v) is 2.77. The van der Waals surface area contributed by atoms with Gasteiger partial charge in [-0.15, -0.1) is 4.73 Å². The van der Waals surface area contributed by atoms with E-state index in [0.29, 0.717) is 10.3 Å². The largest absolute Gasteiger partial charge is 0.492 e. The monoisotopic (exact) mass is 343 g/mol. The molecule has 2 rings (SSSR count). The fourth-order valence-electron chi connectivity index (χ4n) is 1.22. The van der Waals surface area contributed by atoms with Gasteiger partial charge in [-0.25, -0.2) is 4.79 Å². The van der Waals surface area contributed by atoms with Crippen LogP contribution < -0.4 is 4.84 Å². The van der Waals surface area contributed by atoms with E-state index >= 15 is 0 Å². The summed E-state index contributed by atoms with van der Waals surface area (Å²) in [4.78, 5) is 16.5. The number of carbonyl (C=O) groups excluding carboxylic acids is 1. The molecule has 0 spiro atoms. The molecule has 1 aromatic heterocycles. The lowest BCUT2D eigenvalue weighted by Gasteiger charge is -2.06. The number of hydrogen-bond donors (Lipinski definition) is 2. The summed E-state index contributed by atoms with van der Waals surface area (Å²) in [6, 6.07) is 9.15. The Labute approximate surface area is 110 Å². The Morgan fingerprint density at radius 3 is 2.12 bits per heavy atom. The van der Waals surface area contributed by atoms with E-state index in [1.807, 2.05) is 0 Å². The summed E-state index contributed by atoms with van der Waals surface area (Å²) in [7, 11) is 0. The molecule has 0 aliphatic rings. The highest BCUT2D eigenvalue weighted by atomic mass is 125. The van der Waals surface area contributed by atoms with Gasteiger partial charge >= 0.3 is 5.97 Å². The number of nitrogens with zero attached hydrogens (tertiary/aromatic N) is 1. The summed E-state index contributed by atoms with van der Waals surface area (Å²) in [6.45, 7) is 0. The van der Waals surface area contributed by atoms with Crippen molar-refractivity contribution in [1.82, 2.24) is 4.73 Å². The zero-order valence-electron chi connectivity index (χ0n) is 8.50. The van der Waals surface area contributed by atoms with Crippen molar-refractivity contribution in [1.29, 1.82) is 0 Å². The predicted molar refractivity (Wildman–Crippen MR) is 67.8 cm³/mol. The average molecular weight is 343 g/mol. The number of carbonyl (C=O) groups is 1. The predicted octanol–water partition coefficient (Wildman–Crippen LogP) is 1.77. The first-order chi connectivity index (χ1) is 8.08. The van der Waals surface area contributed by atoms with Gasteiger partial charge in [0.15, 0.2) is 0 Å². The molecular formula is C11H8INO4. The van der Waals surface area contributed by atoms with E-state index in [1.165, 1.54) is 12.1 Å². The van der Waals surface area contributed by atoms with Crippen LogP contribution in [0.2, 0.25) is 0 Å². The second-order valence-electron chi connectivity index (χ2n) is 3.23. The Balaban J connectivity index is 2.20. The van der Waals surface area contributed by atoms with Crippen LogP contribution in [-0.2, 0) is 0 Å². The fourth-order valence-corrected chi connectivity index (χ4v) is 1.58. The Kier molecular flexibility index (Phi) is 3.23. The summed E-state index contributed by atoms with van der Waals surface area (Å²) in [5, 5.41) is 18.6. The molecule has 1 aromatic carbocycles. The molecule has 0 unspecified atom stereocenters. The number of halogens is 1. The van der Waals surface area contributed by atoms with Crippen LogP contribution in [0.1, 0.15) is 10.4 Å². The van der Waals surface area contributed by atoms with E-state index in [1.54, 1.807) is 24.3 Å². The Bertz CT molecular complexity index is 528. The van der Waals surface area contributed by atoms with Gasteiger partial charge in [-0.1, -0.05) is 0 Å². The SMILES string of the molecule is O=C(On1c(O)ccc1O)c1ccc([125I])cc1. The third-order valence-electron chi connectivity index (χ3n) is 2.05. The van der Waals surface area contributed by atoms with E-state index in [4.69, 9.17) is 4.84 Å². The van der Waals surface area contributed by atoms with Gasteiger partial charge in [0.25, 0.3) is 0 Å². The molecule has 6 heteroatoms. The first-order valence-corrected chi connectivity index (χ1v) is 5.74. The number of aromatic nitrogens is 1. The van der Waals surface area contributed by atoms with Crippen LogP contribution in [0.5, 0.6) is 11.8 Å². The minimum Gasteiger partial charge on any atom is -0.492 e. The molecule has 0 fully saturated rings. The van der Waals surface area contributed by atoms with Gasteiger partial charge in [0.1, 0.15) is 0 Å². The molecule has 88 valence electrons. The first-order valence-electron chi connectivity index (χ1n) is 4.66. The lowest BCUT2D eigenvalue weighted by atomic mass is 10.2. The van der Waals surface area contributed by atoms with Crippen LogP contribution >= 0.6 is 22.6 Å². The molecule has 0 aliphatic carbocycles. The maximum Gasteiger partial charge on any atom is 0.363 e. The van der Waals surface area contributed by atoms with Crippen molar-refractivity contribution < 1.29 is 19.8 Å². The molecule has 0 atom stereocenters. The summed E-state index contributed by atoms with van der Waals surface area (Å²) in [5.41, 5.74) is 0.331. The number of benzene rings is 1. The summed E-state index contributed by atoms with van der Waals surface area (Å²) < 4.78 is 1.64. The van der Waals surface area contributed by atoms with E-state index in [2.05, 4.69) is 22.6 Å². The highest BCUT2D eigenvalue weighted by Crippen LogP contribution is 2.19. The molecule has 1 heterocycles. The topological polar surface area (TPSA) is 71.7 Å². The minimum atomic E-state index is -0.664. The van der Waals surface area contributed by atoms with Crippen molar-refractivity contribution >= 4 is 28.6 Å². The molecule has 0 radical (unpaired) electrons. The van der Waals surface area contributed by atoms with Crippen LogP contribution in [0.25, 0.3) is 0 Å². The molecule has 0 bridgehead atoms. The van der Waals surface area contributed by atoms with Gasteiger partial charge in [-0.2, -0.15) is 0 Å². The first kappa shape index (κ1) is 11.8.